The SMILES string of the molecule is Cc1ccc(C(C#N)CCCOc2cc(C)c(C)cc2C)cc1. The lowest BCUT2D eigenvalue weighted by Crippen LogP contribution is -2.03. The van der Waals surface area contributed by atoms with Crippen molar-refractivity contribution in [2.24, 2.45) is 0 Å². The Labute approximate surface area is 139 Å². The number of benzene rings is 2. The maximum Gasteiger partial charge on any atom is 0.122 e. The van der Waals surface area contributed by atoms with Gasteiger partial charge in [-0.25, -0.2) is 0 Å². The Morgan fingerprint density at radius 1 is 0.957 bits per heavy atom. The second-order valence-electron chi connectivity index (χ2n) is 6.29. The standard InChI is InChI=1S/C21H25NO/c1-15-7-9-19(10-8-15)20(14-22)6-5-11-23-21-13-17(3)16(2)12-18(21)4/h7-10,12-13,20H,5-6,11H2,1-4H3. The van der Waals surface area contributed by atoms with Crippen molar-refractivity contribution in [2.75, 3.05) is 6.61 Å². The number of nitriles is 1. The first-order valence-corrected chi connectivity index (χ1v) is 8.18. The fourth-order valence-corrected chi connectivity index (χ4v) is 2.66. The summed E-state index contributed by atoms with van der Waals surface area (Å²) in [6.45, 7) is 9.00. The van der Waals surface area contributed by atoms with E-state index in [9.17, 15) is 5.26 Å². The van der Waals surface area contributed by atoms with Gasteiger partial charge in [0.2, 0.25) is 0 Å². The van der Waals surface area contributed by atoms with Gasteiger partial charge in [0, 0.05) is 0 Å². The van der Waals surface area contributed by atoms with Crippen molar-refractivity contribution in [3.05, 3.63) is 64.2 Å². The Morgan fingerprint density at radius 2 is 1.61 bits per heavy atom. The van der Waals surface area contributed by atoms with Crippen molar-refractivity contribution in [3.8, 4) is 11.8 Å². The third-order valence-electron chi connectivity index (χ3n) is 4.32. The van der Waals surface area contributed by atoms with E-state index < -0.39 is 0 Å². The van der Waals surface area contributed by atoms with Gasteiger partial charge in [0.15, 0.2) is 0 Å². The van der Waals surface area contributed by atoms with Crippen LogP contribution >= 0.6 is 0 Å². The van der Waals surface area contributed by atoms with Gasteiger partial charge in [-0.05, 0) is 68.9 Å². The quantitative estimate of drug-likeness (QED) is 0.671. The highest BCUT2D eigenvalue weighted by Gasteiger charge is 2.10. The van der Waals surface area contributed by atoms with E-state index in [-0.39, 0.29) is 5.92 Å². The molecule has 2 heteroatoms. The summed E-state index contributed by atoms with van der Waals surface area (Å²) in [7, 11) is 0. The maximum atomic E-state index is 9.39. The topological polar surface area (TPSA) is 33.0 Å². The summed E-state index contributed by atoms with van der Waals surface area (Å²) in [5, 5.41) is 9.39. The molecular weight excluding hydrogens is 282 g/mol. The zero-order valence-electron chi connectivity index (χ0n) is 14.5. The molecule has 2 nitrogen and oxygen atoms in total. The Balaban J connectivity index is 1.88. The third kappa shape index (κ3) is 4.60. The molecule has 2 aromatic carbocycles. The number of hydrogen-bond donors (Lipinski definition) is 0. The molecule has 0 N–H and O–H groups in total. The summed E-state index contributed by atoms with van der Waals surface area (Å²) < 4.78 is 5.91. The van der Waals surface area contributed by atoms with E-state index in [4.69, 9.17) is 4.74 Å². The fraction of sp³-hybridized carbons (Fsp3) is 0.381. The van der Waals surface area contributed by atoms with Crippen LogP contribution in [0.4, 0.5) is 0 Å². The Kier molecular flexibility index (Phi) is 5.82. The highest BCUT2D eigenvalue weighted by atomic mass is 16.5. The van der Waals surface area contributed by atoms with Crippen molar-refractivity contribution in [3.63, 3.8) is 0 Å². The molecule has 1 unspecified atom stereocenters. The van der Waals surface area contributed by atoms with E-state index in [1.807, 2.05) is 0 Å². The van der Waals surface area contributed by atoms with E-state index in [2.05, 4.69) is 70.2 Å². The largest absolute Gasteiger partial charge is 0.493 e. The molecule has 0 aliphatic rings. The van der Waals surface area contributed by atoms with Crippen molar-refractivity contribution in [2.45, 2.75) is 46.5 Å². The molecule has 120 valence electrons. The molecule has 0 fully saturated rings. The average molecular weight is 307 g/mol. The van der Waals surface area contributed by atoms with Crippen LogP contribution in [0.3, 0.4) is 0 Å². The minimum absolute atomic E-state index is 0.0555. The maximum absolute atomic E-state index is 9.39. The third-order valence-corrected chi connectivity index (χ3v) is 4.32. The van der Waals surface area contributed by atoms with Crippen LogP contribution in [-0.4, -0.2) is 6.61 Å². The summed E-state index contributed by atoms with van der Waals surface area (Å²) in [6.07, 6.45) is 1.70. The van der Waals surface area contributed by atoms with E-state index in [0.29, 0.717) is 6.61 Å². The molecule has 0 heterocycles. The Bertz CT molecular complexity index is 695. The van der Waals surface area contributed by atoms with Crippen molar-refractivity contribution in [1.29, 1.82) is 5.26 Å². The molecule has 0 aliphatic carbocycles. The zero-order chi connectivity index (χ0) is 16.8. The van der Waals surface area contributed by atoms with Crippen LogP contribution in [0.25, 0.3) is 0 Å². The van der Waals surface area contributed by atoms with Gasteiger partial charge in [0.1, 0.15) is 5.75 Å². The summed E-state index contributed by atoms with van der Waals surface area (Å²) in [6, 6.07) is 14.9. The lowest BCUT2D eigenvalue weighted by molar-refractivity contribution is 0.303. The molecule has 1 atom stereocenters. The summed E-state index contributed by atoms with van der Waals surface area (Å²) >= 11 is 0. The second kappa shape index (κ2) is 7.83. The molecule has 0 amide bonds. The van der Waals surface area contributed by atoms with Crippen LogP contribution in [0.15, 0.2) is 36.4 Å². The highest BCUT2D eigenvalue weighted by molar-refractivity contribution is 5.40. The predicted molar refractivity (Wildman–Crippen MR) is 94.9 cm³/mol. The predicted octanol–water partition coefficient (Wildman–Crippen LogP) is 5.39. The van der Waals surface area contributed by atoms with E-state index >= 15 is 0 Å². The minimum Gasteiger partial charge on any atom is -0.493 e. The van der Waals surface area contributed by atoms with Gasteiger partial charge in [0.25, 0.3) is 0 Å². The monoisotopic (exact) mass is 307 g/mol. The fourth-order valence-electron chi connectivity index (χ4n) is 2.66. The van der Waals surface area contributed by atoms with E-state index in [1.54, 1.807) is 0 Å². The van der Waals surface area contributed by atoms with Gasteiger partial charge >= 0.3 is 0 Å². The second-order valence-corrected chi connectivity index (χ2v) is 6.29. The molecule has 0 saturated heterocycles. The van der Waals surface area contributed by atoms with Gasteiger partial charge in [-0.2, -0.15) is 5.26 Å². The van der Waals surface area contributed by atoms with Crippen LogP contribution in [0.5, 0.6) is 5.75 Å². The normalized spacial score (nSPS) is 11.8. The van der Waals surface area contributed by atoms with E-state index in [1.165, 1.54) is 22.3 Å². The summed E-state index contributed by atoms with van der Waals surface area (Å²) in [5.41, 5.74) is 6.03. The van der Waals surface area contributed by atoms with Gasteiger partial charge < -0.3 is 4.74 Å². The van der Waals surface area contributed by atoms with Crippen LogP contribution in [0, 0.1) is 39.0 Å². The lowest BCUT2D eigenvalue weighted by Gasteiger charge is -2.13. The number of rotatable bonds is 6. The Morgan fingerprint density at radius 3 is 2.26 bits per heavy atom. The van der Waals surface area contributed by atoms with Crippen LogP contribution in [0.2, 0.25) is 0 Å². The highest BCUT2D eigenvalue weighted by Crippen LogP contribution is 2.24. The molecule has 0 bridgehead atoms. The van der Waals surface area contributed by atoms with Gasteiger partial charge in [-0.3, -0.25) is 0 Å². The first-order valence-electron chi connectivity index (χ1n) is 8.18. The molecule has 0 saturated carbocycles. The van der Waals surface area contributed by atoms with Crippen LogP contribution in [0.1, 0.15) is 46.6 Å². The zero-order valence-corrected chi connectivity index (χ0v) is 14.5. The van der Waals surface area contributed by atoms with E-state index in [0.717, 1.165) is 24.2 Å². The molecule has 0 aromatic heterocycles. The molecule has 2 rings (SSSR count). The van der Waals surface area contributed by atoms with Gasteiger partial charge in [-0.1, -0.05) is 35.9 Å². The molecule has 2 aromatic rings. The number of ether oxygens (including phenoxy) is 1. The molecule has 0 radical (unpaired) electrons. The average Bonchev–Trinajstić information content (AvgIpc) is 2.53. The number of hydrogen-bond acceptors (Lipinski definition) is 2. The van der Waals surface area contributed by atoms with Crippen molar-refractivity contribution in [1.82, 2.24) is 0 Å². The first kappa shape index (κ1) is 17.1. The van der Waals surface area contributed by atoms with Gasteiger partial charge in [0.05, 0.1) is 18.6 Å². The Hall–Kier alpha value is -2.27. The molecular formula is C21H25NO. The lowest BCUT2D eigenvalue weighted by atomic mass is 9.95. The summed E-state index contributed by atoms with van der Waals surface area (Å²) in [4.78, 5) is 0. The van der Waals surface area contributed by atoms with Gasteiger partial charge in [-0.15, -0.1) is 0 Å². The van der Waals surface area contributed by atoms with Crippen molar-refractivity contribution >= 4 is 0 Å². The minimum atomic E-state index is -0.0555. The van der Waals surface area contributed by atoms with Crippen molar-refractivity contribution < 1.29 is 4.74 Å². The number of nitrogens with zero attached hydrogens (tertiary/aromatic N) is 1. The smallest absolute Gasteiger partial charge is 0.122 e. The summed E-state index contributed by atoms with van der Waals surface area (Å²) in [5.74, 6) is 0.900. The number of aryl methyl sites for hydroxylation is 4. The van der Waals surface area contributed by atoms with Crippen LogP contribution < -0.4 is 4.74 Å². The first-order chi connectivity index (χ1) is 11.0. The molecule has 0 aliphatic heterocycles. The molecule has 0 spiro atoms. The van der Waals surface area contributed by atoms with Crippen LogP contribution in [-0.2, 0) is 0 Å². The molecule has 23 heavy (non-hydrogen) atoms.